The minimum absolute atomic E-state index is 0.00176. The van der Waals surface area contributed by atoms with Crippen molar-refractivity contribution in [1.82, 2.24) is 4.90 Å². The summed E-state index contributed by atoms with van der Waals surface area (Å²) < 4.78 is 5.13. The van der Waals surface area contributed by atoms with Crippen LogP contribution in [0.5, 0.6) is 0 Å². The molecule has 25 heavy (non-hydrogen) atoms. The first-order chi connectivity index (χ1) is 12.1. The maximum absolute atomic E-state index is 12.8. The van der Waals surface area contributed by atoms with E-state index in [1.54, 1.807) is 31.4 Å². The number of ketones is 1. The molecule has 1 amide bonds. The highest BCUT2D eigenvalue weighted by Gasteiger charge is 2.15. The van der Waals surface area contributed by atoms with Gasteiger partial charge >= 0.3 is 0 Å². The molecule has 0 atom stereocenters. The highest BCUT2D eigenvalue weighted by atomic mass is 16.5. The number of carbonyl (C=O) groups is 2. The Labute approximate surface area is 149 Å². The van der Waals surface area contributed by atoms with Gasteiger partial charge in [0.25, 0.3) is 5.91 Å². The van der Waals surface area contributed by atoms with Crippen LogP contribution in [0.25, 0.3) is 0 Å². The van der Waals surface area contributed by atoms with Crippen molar-refractivity contribution in [3.05, 3.63) is 71.3 Å². The number of rotatable bonds is 9. The van der Waals surface area contributed by atoms with Gasteiger partial charge in [-0.1, -0.05) is 42.5 Å². The lowest BCUT2D eigenvalue weighted by Gasteiger charge is -2.22. The van der Waals surface area contributed by atoms with Crippen LogP contribution in [0.2, 0.25) is 0 Å². The Morgan fingerprint density at radius 3 is 2.16 bits per heavy atom. The highest BCUT2D eigenvalue weighted by Crippen LogP contribution is 2.10. The van der Waals surface area contributed by atoms with Crippen LogP contribution in [0, 0.1) is 0 Å². The second kappa shape index (κ2) is 9.74. The van der Waals surface area contributed by atoms with Gasteiger partial charge in [0, 0.05) is 31.3 Å². The van der Waals surface area contributed by atoms with Crippen LogP contribution in [0.4, 0.5) is 0 Å². The quantitative estimate of drug-likeness (QED) is 0.656. The van der Waals surface area contributed by atoms with E-state index in [1.807, 2.05) is 23.1 Å². The Bertz CT molecular complexity index is 680. The molecule has 0 N–H and O–H groups in total. The average molecular weight is 339 g/mol. The van der Waals surface area contributed by atoms with Gasteiger partial charge < -0.3 is 9.64 Å². The van der Waals surface area contributed by atoms with Crippen LogP contribution in [-0.4, -0.2) is 43.4 Å². The number of nitrogens with zero attached hydrogens (tertiary/aromatic N) is 1. The molecule has 0 aliphatic heterocycles. The van der Waals surface area contributed by atoms with Gasteiger partial charge in [-0.15, -0.1) is 0 Å². The zero-order chi connectivity index (χ0) is 18.1. The van der Waals surface area contributed by atoms with Crippen molar-refractivity contribution in [3.8, 4) is 0 Å². The number of benzene rings is 2. The number of hydrogen-bond acceptors (Lipinski definition) is 3. The zero-order valence-corrected chi connectivity index (χ0v) is 14.9. The minimum atomic E-state index is -0.0276. The molecule has 0 saturated carbocycles. The summed E-state index contributed by atoms with van der Waals surface area (Å²) in [6.45, 7) is 3.25. The van der Waals surface area contributed by atoms with E-state index in [-0.39, 0.29) is 11.7 Å². The van der Waals surface area contributed by atoms with Gasteiger partial charge in [-0.05, 0) is 37.5 Å². The summed E-state index contributed by atoms with van der Waals surface area (Å²) in [5, 5.41) is 0. The van der Waals surface area contributed by atoms with Gasteiger partial charge in [0.2, 0.25) is 0 Å². The monoisotopic (exact) mass is 339 g/mol. The van der Waals surface area contributed by atoms with Gasteiger partial charge in [0.1, 0.15) is 0 Å². The van der Waals surface area contributed by atoms with Crippen LogP contribution in [0.15, 0.2) is 54.6 Å². The molecule has 0 aliphatic rings. The van der Waals surface area contributed by atoms with Crippen molar-refractivity contribution >= 4 is 11.7 Å². The number of ether oxygens (including phenoxy) is 1. The van der Waals surface area contributed by atoms with Crippen molar-refractivity contribution in [2.45, 2.75) is 19.8 Å². The molecule has 132 valence electrons. The number of methoxy groups -OCH3 is 1. The second-order valence-electron chi connectivity index (χ2n) is 6.01. The molecule has 0 heterocycles. The first-order valence-corrected chi connectivity index (χ1v) is 8.55. The Hall–Kier alpha value is -2.46. The van der Waals surface area contributed by atoms with Crippen molar-refractivity contribution in [2.24, 2.45) is 0 Å². The molecule has 4 nitrogen and oxygen atoms in total. The van der Waals surface area contributed by atoms with Crippen LogP contribution >= 0.6 is 0 Å². The number of hydrogen-bond donors (Lipinski definition) is 0. The lowest BCUT2D eigenvalue weighted by Crippen LogP contribution is -2.35. The lowest BCUT2D eigenvalue weighted by atomic mass is 10.1. The Kier molecular flexibility index (Phi) is 7.36. The predicted octanol–water partition coefficient (Wildman–Crippen LogP) is 3.61. The van der Waals surface area contributed by atoms with Crippen molar-refractivity contribution in [3.63, 3.8) is 0 Å². The largest absolute Gasteiger partial charge is 0.383 e. The molecule has 2 aromatic rings. The molecule has 4 heteroatoms. The average Bonchev–Trinajstić information content (AvgIpc) is 2.65. The van der Waals surface area contributed by atoms with Crippen molar-refractivity contribution in [1.29, 1.82) is 0 Å². The molecule has 2 aromatic carbocycles. The highest BCUT2D eigenvalue weighted by molar-refractivity contribution is 5.97. The Balaban J connectivity index is 1.99. The molecular weight excluding hydrogens is 314 g/mol. The third kappa shape index (κ3) is 5.84. The van der Waals surface area contributed by atoms with Crippen molar-refractivity contribution in [2.75, 3.05) is 26.8 Å². The summed E-state index contributed by atoms with van der Waals surface area (Å²) in [6, 6.07) is 17.1. The summed E-state index contributed by atoms with van der Waals surface area (Å²) in [6.07, 6.45) is 1.83. The van der Waals surface area contributed by atoms with Gasteiger partial charge in [-0.2, -0.15) is 0 Å². The van der Waals surface area contributed by atoms with E-state index in [4.69, 9.17) is 4.74 Å². The van der Waals surface area contributed by atoms with Gasteiger partial charge in [-0.25, -0.2) is 0 Å². The number of Topliss-reactive ketones (excluding diaryl/α,β-unsaturated/α-hetero) is 1. The molecule has 2 rings (SSSR count). The smallest absolute Gasteiger partial charge is 0.253 e. The first-order valence-electron chi connectivity index (χ1n) is 8.55. The molecule has 0 aromatic heterocycles. The topological polar surface area (TPSA) is 46.6 Å². The lowest BCUT2D eigenvalue weighted by molar-refractivity contribution is 0.0693. The minimum Gasteiger partial charge on any atom is -0.383 e. The van der Waals surface area contributed by atoms with Crippen LogP contribution in [-0.2, 0) is 11.2 Å². The fraction of sp³-hybridized carbons (Fsp3) is 0.333. The molecule has 0 bridgehead atoms. The number of carbonyl (C=O) groups excluding carboxylic acids is 2. The Morgan fingerprint density at radius 2 is 1.56 bits per heavy atom. The summed E-state index contributed by atoms with van der Waals surface area (Å²) in [5.74, 6) is -0.0293. The summed E-state index contributed by atoms with van der Waals surface area (Å²) >= 11 is 0. The fourth-order valence-electron chi connectivity index (χ4n) is 2.67. The summed E-state index contributed by atoms with van der Waals surface area (Å²) in [4.78, 5) is 25.9. The summed E-state index contributed by atoms with van der Waals surface area (Å²) in [7, 11) is 1.63. The summed E-state index contributed by atoms with van der Waals surface area (Å²) in [5.41, 5.74) is 2.48. The molecule has 0 radical (unpaired) electrons. The van der Waals surface area contributed by atoms with Crippen LogP contribution < -0.4 is 0 Å². The van der Waals surface area contributed by atoms with Crippen molar-refractivity contribution < 1.29 is 14.3 Å². The van der Waals surface area contributed by atoms with Gasteiger partial charge in [0.05, 0.1) is 6.61 Å². The second-order valence-corrected chi connectivity index (χ2v) is 6.01. The standard InChI is InChI=1S/C21H25NO3/c1-17(23)19-10-12-20(13-11-19)21(24)22(15-16-25-2)14-6-9-18-7-4-3-5-8-18/h3-5,7-8,10-13H,6,9,14-16H2,1-2H3. The number of amides is 1. The first kappa shape index (κ1) is 18.9. The molecule has 0 fully saturated rings. The predicted molar refractivity (Wildman–Crippen MR) is 99.0 cm³/mol. The SMILES string of the molecule is COCCN(CCCc1ccccc1)C(=O)c1ccc(C(C)=O)cc1. The van der Waals surface area contributed by atoms with E-state index in [9.17, 15) is 9.59 Å². The van der Waals surface area contributed by atoms with E-state index < -0.39 is 0 Å². The van der Waals surface area contributed by atoms with Crippen LogP contribution in [0.3, 0.4) is 0 Å². The van der Waals surface area contributed by atoms with E-state index >= 15 is 0 Å². The maximum atomic E-state index is 12.8. The maximum Gasteiger partial charge on any atom is 0.253 e. The molecule has 0 unspecified atom stereocenters. The van der Waals surface area contributed by atoms with E-state index in [1.165, 1.54) is 12.5 Å². The van der Waals surface area contributed by atoms with E-state index in [0.29, 0.717) is 30.8 Å². The fourth-order valence-corrected chi connectivity index (χ4v) is 2.67. The van der Waals surface area contributed by atoms with E-state index in [2.05, 4.69) is 12.1 Å². The molecule has 0 saturated heterocycles. The normalized spacial score (nSPS) is 10.5. The molecule has 0 spiro atoms. The molecular formula is C21H25NO3. The third-order valence-corrected chi connectivity index (χ3v) is 4.13. The number of aryl methyl sites for hydroxylation is 1. The zero-order valence-electron chi connectivity index (χ0n) is 14.9. The van der Waals surface area contributed by atoms with Crippen LogP contribution in [0.1, 0.15) is 39.6 Å². The third-order valence-electron chi connectivity index (χ3n) is 4.13. The van der Waals surface area contributed by atoms with Gasteiger partial charge in [-0.3, -0.25) is 9.59 Å². The van der Waals surface area contributed by atoms with E-state index in [0.717, 1.165) is 12.8 Å². The Morgan fingerprint density at radius 1 is 0.920 bits per heavy atom. The van der Waals surface area contributed by atoms with Gasteiger partial charge in [0.15, 0.2) is 5.78 Å². The molecule has 0 aliphatic carbocycles.